The first-order valence-corrected chi connectivity index (χ1v) is 7.93. The summed E-state index contributed by atoms with van der Waals surface area (Å²) < 4.78 is 25.8. The van der Waals surface area contributed by atoms with Crippen molar-refractivity contribution in [2.45, 2.75) is 57.0 Å². The summed E-state index contributed by atoms with van der Waals surface area (Å²) in [5, 5.41) is 0. The van der Waals surface area contributed by atoms with E-state index < -0.39 is 6.43 Å². The minimum Gasteiger partial charge on any atom is -0.329 e. The molecule has 1 atom stereocenters. The van der Waals surface area contributed by atoms with Crippen molar-refractivity contribution in [3.8, 4) is 0 Å². The zero-order valence-corrected chi connectivity index (χ0v) is 12.8. The Labute approximate surface area is 126 Å². The van der Waals surface area contributed by atoms with Crippen molar-refractivity contribution in [2.75, 3.05) is 13.6 Å². The molecule has 0 heterocycles. The number of nitrogens with two attached hydrogens (primary N) is 1. The number of alkyl halides is 2. The van der Waals surface area contributed by atoms with Gasteiger partial charge in [-0.1, -0.05) is 43.9 Å². The van der Waals surface area contributed by atoms with Crippen molar-refractivity contribution >= 4 is 0 Å². The topological polar surface area (TPSA) is 29.3 Å². The van der Waals surface area contributed by atoms with E-state index in [2.05, 4.69) is 11.9 Å². The van der Waals surface area contributed by atoms with Crippen LogP contribution in [0.15, 0.2) is 24.3 Å². The maximum Gasteiger partial charge on any atom is 0.263 e. The van der Waals surface area contributed by atoms with Gasteiger partial charge >= 0.3 is 0 Å². The average Bonchev–Trinajstić information content (AvgIpc) is 2.77. The lowest BCUT2D eigenvalue weighted by atomic mass is 9.99. The summed E-state index contributed by atoms with van der Waals surface area (Å²) in [6, 6.07) is 7.24. The maximum atomic E-state index is 12.9. The molecule has 2 rings (SSSR count). The number of rotatable bonds is 5. The van der Waals surface area contributed by atoms with Crippen LogP contribution in [0.1, 0.15) is 62.1 Å². The SMILES string of the molecule is CN(C1CCCCCC1)C(CN)c1cccc(C(F)F)c1. The molecule has 0 saturated heterocycles. The molecule has 21 heavy (non-hydrogen) atoms. The molecule has 2 nitrogen and oxygen atoms in total. The van der Waals surface area contributed by atoms with E-state index in [-0.39, 0.29) is 11.6 Å². The van der Waals surface area contributed by atoms with Crippen LogP contribution in [-0.2, 0) is 0 Å². The van der Waals surface area contributed by atoms with Crippen molar-refractivity contribution in [2.24, 2.45) is 5.73 Å². The zero-order valence-electron chi connectivity index (χ0n) is 12.8. The molecule has 0 aliphatic heterocycles. The fourth-order valence-corrected chi connectivity index (χ4v) is 3.36. The van der Waals surface area contributed by atoms with E-state index in [4.69, 9.17) is 5.73 Å². The van der Waals surface area contributed by atoms with Crippen LogP contribution in [0.25, 0.3) is 0 Å². The van der Waals surface area contributed by atoms with Crippen LogP contribution >= 0.6 is 0 Å². The fraction of sp³-hybridized carbons (Fsp3) is 0.647. The molecule has 1 aliphatic carbocycles. The summed E-state index contributed by atoms with van der Waals surface area (Å²) in [6.45, 7) is 0.458. The molecule has 1 aliphatic rings. The third-order valence-electron chi connectivity index (χ3n) is 4.66. The molecule has 2 N–H and O–H groups in total. The van der Waals surface area contributed by atoms with Gasteiger partial charge < -0.3 is 5.73 Å². The molecule has 0 bridgehead atoms. The first-order chi connectivity index (χ1) is 10.1. The summed E-state index contributed by atoms with van der Waals surface area (Å²) in [4.78, 5) is 2.30. The first-order valence-electron chi connectivity index (χ1n) is 7.93. The van der Waals surface area contributed by atoms with Gasteiger partial charge in [-0.05, 0) is 31.5 Å². The van der Waals surface area contributed by atoms with Crippen LogP contribution < -0.4 is 5.73 Å². The molecular formula is C17H26F2N2. The summed E-state index contributed by atoms with van der Waals surface area (Å²) in [7, 11) is 2.09. The number of halogens is 2. The van der Waals surface area contributed by atoms with E-state index in [1.807, 2.05) is 6.07 Å². The smallest absolute Gasteiger partial charge is 0.263 e. The van der Waals surface area contributed by atoms with Gasteiger partial charge in [0.05, 0.1) is 0 Å². The summed E-state index contributed by atoms with van der Waals surface area (Å²) in [5.74, 6) is 0. The molecular weight excluding hydrogens is 270 g/mol. The molecule has 0 amide bonds. The molecule has 1 aromatic carbocycles. The lowest BCUT2D eigenvalue weighted by Gasteiger charge is -2.34. The molecule has 1 saturated carbocycles. The minimum absolute atomic E-state index is 0.0202. The normalized spacial score (nSPS) is 19.0. The van der Waals surface area contributed by atoms with Crippen LogP contribution in [0.2, 0.25) is 0 Å². The second kappa shape index (κ2) is 7.85. The lowest BCUT2D eigenvalue weighted by Crippen LogP contribution is -2.38. The van der Waals surface area contributed by atoms with Crippen molar-refractivity contribution in [1.29, 1.82) is 0 Å². The van der Waals surface area contributed by atoms with Crippen molar-refractivity contribution in [3.63, 3.8) is 0 Å². The second-order valence-corrected chi connectivity index (χ2v) is 6.03. The van der Waals surface area contributed by atoms with Gasteiger partial charge in [0, 0.05) is 24.2 Å². The summed E-state index contributed by atoms with van der Waals surface area (Å²) in [5.41, 5.74) is 6.94. The van der Waals surface area contributed by atoms with Gasteiger partial charge in [0.2, 0.25) is 0 Å². The number of nitrogens with zero attached hydrogens (tertiary/aromatic N) is 1. The van der Waals surface area contributed by atoms with Gasteiger partial charge in [-0.2, -0.15) is 0 Å². The van der Waals surface area contributed by atoms with E-state index in [0.29, 0.717) is 12.6 Å². The number of benzene rings is 1. The number of hydrogen-bond acceptors (Lipinski definition) is 2. The van der Waals surface area contributed by atoms with Gasteiger partial charge in [-0.15, -0.1) is 0 Å². The van der Waals surface area contributed by atoms with E-state index in [1.165, 1.54) is 44.6 Å². The molecule has 1 unspecified atom stereocenters. The molecule has 4 heteroatoms. The highest BCUT2D eigenvalue weighted by atomic mass is 19.3. The molecule has 0 aromatic heterocycles. The van der Waals surface area contributed by atoms with Gasteiger partial charge in [0.1, 0.15) is 0 Å². The molecule has 118 valence electrons. The second-order valence-electron chi connectivity index (χ2n) is 6.03. The maximum absolute atomic E-state index is 12.9. The number of likely N-dealkylation sites (N-methyl/N-ethyl adjacent to an activating group) is 1. The number of hydrogen-bond donors (Lipinski definition) is 1. The minimum atomic E-state index is -2.42. The Hall–Kier alpha value is -1.00. The Bertz CT molecular complexity index is 429. The largest absolute Gasteiger partial charge is 0.329 e. The first kappa shape index (κ1) is 16.4. The molecule has 0 spiro atoms. The Morgan fingerprint density at radius 3 is 2.33 bits per heavy atom. The Morgan fingerprint density at radius 2 is 1.76 bits per heavy atom. The molecule has 1 fully saturated rings. The lowest BCUT2D eigenvalue weighted by molar-refractivity contribution is 0.149. The van der Waals surface area contributed by atoms with E-state index in [9.17, 15) is 8.78 Å². The predicted molar refractivity (Wildman–Crippen MR) is 82.4 cm³/mol. The van der Waals surface area contributed by atoms with Crippen LogP contribution in [0.3, 0.4) is 0 Å². The van der Waals surface area contributed by atoms with Gasteiger partial charge in [-0.25, -0.2) is 8.78 Å². The standard InChI is InChI=1S/C17H26F2N2/c1-21(15-9-4-2-3-5-10-15)16(12-20)13-7-6-8-14(11-13)17(18)19/h6-8,11,15-17H,2-5,9-10,12,20H2,1H3. The average molecular weight is 296 g/mol. The Balaban J connectivity index is 2.15. The Kier molecular flexibility index (Phi) is 6.12. The van der Waals surface area contributed by atoms with Gasteiger partial charge in [-0.3, -0.25) is 4.90 Å². The van der Waals surface area contributed by atoms with Crippen molar-refractivity contribution in [1.82, 2.24) is 4.90 Å². The zero-order chi connectivity index (χ0) is 15.2. The summed E-state index contributed by atoms with van der Waals surface area (Å²) >= 11 is 0. The fourth-order valence-electron chi connectivity index (χ4n) is 3.36. The molecule has 1 aromatic rings. The quantitative estimate of drug-likeness (QED) is 0.822. The van der Waals surface area contributed by atoms with E-state index in [0.717, 1.165) is 5.56 Å². The van der Waals surface area contributed by atoms with Crippen LogP contribution in [0.5, 0.6) is 0 Å². The third-order valence-corrected chi connectivity index (χ3v) is 4.66. The highest BCUT2D eigenvalue weighted by Crippen LogP contribution is 2.29. The Morgan fingerprint density at radius 1 is 1.14 bits per heavy atom. The highest BCUT2D eigenvalue weighted by Gasteiger charge is 2.24. The third kappa shape index (κ3) is 4.24. The highest BCUT2D eigenvalue weighted by molar-refractivity contribution is 5.27. The van der Waals surface area contributed by atoms with Gasteiger partial charge in [0.25, 0.3) is 6.43 Å². The van der Waals surface area contributed by atoms with Gasteiger partial charge in [0.15, 0.2) is 0 Å². The van der Waals surface area contributed by atoms with Crippen LogP contribution in [0, 0.1) is 0 Å². The van der Waals surface area contributed by atoms with Crippen LogP contribution in [-0.4, -0.2) is 24.5 Å². The van der Waals surface area contributed by atoms with Crippen LogP contribution in [0.4, 0.5) is 8.78 Å². The van der Waals surface area contributed by atoms with Crippen molar-refractivity contribution < 1.29 is 8.78 Å². The van der Waals surface area contributed by atoms with Crippen molar-refractivity contribution in [3.05, 3.63) is 35.4 Å². The monoisotopic (exact) mass is 296 g/mol. The van der Waals surface area contributed by atoms with E-state index >= 15 is 0 Å². The van der Waals surface area contributed by atoms with E-state index in [1.54, 1.807) is 12.1 Å². The summed E-state index contributed by atoms with van der Waals surface area (Å²) in [6.07, 6.45) is 5.05. The predicted octanol–water partition coefficient (Wildman–Crippen LogP) is 4.28. The molecule has 0 radical (unpaired) electrons.